The summed E-state index contributed by atoms with van der Waals surface area (Å²) < 4.78 is 7.89. The topological polar surface area (TPSA) is 95.1 Å². The highest BCUT2D eigenvalue weighted by Crippen LogP contribution is 2.27. The minimum absolute atomic E-state index is 0.0933. The Hall–Kier alpha value is -4.39. The summed E-state index contributed by atoms with van der Waals surface area (Å²) in [6.45, 7) is 1.38. The summed E-state index contributed by atoms with van der Waals surface area (Å²) in [7, 11) is 0. The largest absolute Gasteiger partial charge is 0.457 e. The second-order valence-electron chi connectivity index (χ2n) is 8.05. The number of hydrogen-bond donors (Lipinski definition) is 2. The summed E-state index contributed by atoms with van der Waals surface area (Å²) in [4.78, 5) is 21.4. The number of para-hydroxylation sites is 2. The van der Waals surface area contributed by atoms with Crippen molar-refractivity contribution in [2.75, 3.05) is 12.3 Å². The van der Waals surface area contributed by atoms with Crippen LogP contribution in [-0.2, 0) is 6.54 Å². The second kappa shape index (κ2) is 9.62. The van der Waals surface area contributed by atoms with E-state index in [4.69, 9.17) is 10.5 Å². The molecule has 2 aromatic heterocycles. The van der Waals surface area contributed by atoms with Gasteiger partial charge in [0.1, 0.15) is 17.0 Å². The third-order valence-corrected chi connectivity index (χ3v) is 5.69. The summed E-state index contributed by atoms with van der Waals surface area (Å²) in [5.41, 5.74) is 9.31. The van der Waals surface area contributed by atoms with Gasteiger partial charge in [-0.15, -0.1) is 0 Å². The van der Waals surface area contributed by atoms with E-state index in [-0.39, 0.29) is 5.91 Å². The number of hydrogen-bond acceptors (Lipinski definition) is 5. The number of aromatic nitrogens is 3. The minimum Gasteiger partial charge on any atom is -0.457 e. The first-order valence-electron chi connectivity index (χ1n) is 11.3. The summed E-state index contributed by atoms with van der Waals surface area (Å²) >= 11 is 0. The minimum atomic E-state index is -0.0933. The van der Waals surface area contributed by atoms with Crippen molar-refractivity contribution in [3.05, 3.63) is 90.8 Å². The number of rotatable bonds is 8. The van der Waals surface area contributed by atoms with E-state index in [1.54, 1.807) is 24.3 Å². The number of nitrogen functional groups attached to an aromatic ring is 1. The van der Waals surface area contributed by atoms with E-state index in [0.29, 0.717) is 23.7 Å². The fourth-order valence-electron chi connectivity index (χ4n) is 3.99. The highest BCUT2D eigenvalue weighted by molar-refractivity contribution is 6.06. The van der Waals surface area contributed by atoms with Crippen molar-refractivity contribution in [3.63, 3.8) is 0 Å². The molecule has 0 atom stereocenters. The number of unbranched alkanes of at least 4 members (excludes halogenated alkanes) is 1. The predicted octanol–water partition coefficient (Wildman–Crippen LogP) is 5.17. The summed E-state index contributed by atoms with van der Waals surface area (Å²) in [6.07, 6.45) is 3.55. The molecule has 0 saturated carbocycles. The van der Waals surface area contributed by atoms with Gasteiger partial charge in [0.25, 0.3) is 5.91 Å². The highest BCUT2D eigenvalue weighted by atomic mass is 16.5. The van der Waals surface area contributed by atoms with Crippen molar-refractivity contribution in [3.8, 4) is 11.5 Å². The third kappa shape index (κ3) is 4.54. The van der Waals surface area contributed by atoms with E-state index in [9.17, 15) is 4.79 Å². The molecule has 0 aliphatic rings. The zero-order chi connectivity index (χ0) is 23.3. The second-order valence-corrected chi connectivity index (χ2v) is 8.05. The van der Waals surface area contributed by atoms with Crippen LogP contribution in [0, 0.1) is 0 Å². The number of fused-ring (bicyclic) bond motifs is 3. The van der Waals surface area contributed by atoms with Gasteiger partial charge in [-0.3, -0.25) is 4.79 Å². The van der Waals surface area contributed by atoms with Crippen LogP contribution in [0.2, 0.25) is 0 Å². The molecule has 0 aliphatic carbocycles. The van der Waals surface area contributed by atoms with Crippen LogP contribution in [0.3, 0.4) is 0 Å². The molecule has 34 heavy (non-hydrogen) atoms. The van der Waals surface area contributed by atoms with Gasteiger partial charge in [0, 0.05) is 24.0 Å². The number of ether oxygens (including phenoxy) is 1. The van der Waals surface area contributed by atoms with Crippen molar-refractivity contribution in [2.24, 2.45) is 0 Å². The maximum atomic E-state index is 12.5. The van der Waals surface area contributed by atoms with Gasteiger partial charge >= 0.3 is 0 Å². The smallest absolute Gasteiger partial charge is 0.251 e. The van der Waals surface area contributed by atoms with Crippen LogP contribution >= 0.6 is 0 Å². The van der Waals surface area contributed by atoms with Crippen LogP contribution in [0.25, 0.3) is 21.9 Å². The molecular formula is C27H25N5O2. The van der Waals surface area contributed by atoms with E-state index in [0.717, 1.165) is 47.1 Å². The zero-order valence-corrected chi connectivity index (χ0v) is 18.6. The Morgan fingerprint density at radius 1 is 0.912 bits per heavy atom. The molecule has 0 aliphatic heterocycles. The average molecular weight is 452 g/mol. The first-order valence-corrected chi connectivity index (χ1v) is 11.3. The highest BCUT2D eigenvalue weighted by Gasteiger charge is 2.12. The Bertz CT molecular complexity index is 1430. The van der Waals surface area contributed by atoms with Crippen molar-refractivity contribution in [1.82, 2.24) is 19.9 Å². The number of nitrogens with two attached hydrogens (primary N) is 1. The molecule has 5 aromatic rings. The number of pyridine rings is 1. The number of imidazole rings is 1. The fraction of sp³-hybridized carbons (Fsp3) is 0.148. The van der Waals surface area contributed by atoms with Gasteiger partial charge in [-0.1, -0.05) is 36.4 Å². The van der Waals surface area contributed by atoms with Gasteiger partial charge in [-0.2, -0.15) is 0 Å². The quantitative estimate of drug-likeness (QED) is 0.317. The van der Waals surface area contributed by atoms with Crippen molar-refractivity contribution in [1.29, 1.82) is 0 Å². The van der Waals surface area contributed by atoms with E-state index in [2.05, 4.69) is 19.9 Å². The number of carbonyl (C=O) groups excluding carboxylic acids is 1. The Labute approximate surface area is 197 Å². The molecule has 0 spiro atoms. The molecule has 0 saturated heterocycles. The molecule has 0 bridgehead atoms. The van der Waals surface area contributed by atoms with E-state index in [1.807, 2.05) is 60.9 Å². The molecule has 3 N–H and O–H groups in total. The molecule has 0 radical (unpaired) electrons. The molecule has 0 fully saturated rings. The third-order valence-electron chi connectivity index (χ3n) is 5.69. The molecule has 3 aromatic carbocycles. The lowest BCUT2D eigenvalue weighted by molar-refractivity contribution is 0.0953. The number of nitrogens with one attached hydrogen (secondary N) is 1. The number of aryl methyl sites for hydroxylation is 1. The van der Waals surface area contributed by atoms with E-state index < -0.39 is 0 Å². The van der Waals surface area contributed by atoms with Gasteiger partial charge in [0.15, 0.2) is 5.82 Å². The van der Waals surface area contributed by atoms with Crippen LogP contribution in [0.15, 0.2) is 85.2 Å². The Morgan fingerprint density at radius 3 is 2.47 bits per heavy atom. The lowest BCUT2D eigenvalue weighted by atomic mass is 10.2. The lowest BCUT2D eigenvalue weighted by Crippen LogP contribution is -2.24. The molecule has 1 amide bonds. The summed E-state index contributed by atoms with van der Waals surface area (Å²) in [6, 6.07) is 24.6. The van der Waals surface area contributed by atoms with Crippen LogP contribution in [0.1, 0.15) is 23.2 Å². The Balaban J connectivity index is 1.14. The van der Waals surface area contributed by atoms with Gasteiger partial charge < -0.3 is 20.4 Å². The number of benzene rings is 3. The standard InChI is InChI=1S/C27H25N5O2/c28-26-24-25(22-10-4-5-11-23(22)31-26)32(18-30-24)17-7-6-16-29-27(33)19-12-14-21(15-13-19)34-20-8-2-1-3-9-20/h1-5,8-15,18H,6-7,16-17H2,(H2,28,31)(H,29,33). The first kappa shape index (κ1) is 21.5. The summed E-state index contributed by atoms with van der Waals surface area (Å²) in [5.74, 6) is 1.81. The number of nitrogens with zero attached hydrogens (tertiary/aromatic N) is 3. The molecular weight excluding hydrogens is 426 g/mol. The van der Waals surface area contributed by atoms with E-state index in [1.165, 1.54) is 0 Å². The maximum Gasteiger partial charge on any atom is 0.251 e. The number of amides is 1. The normalized spacial score (nSPS) is 11.1. The molecule has 0 unspecified atom stereocenters. The molecule has 7 nitrogen and oxygen atoms in total. The van der Waals surface area contributed by atoms with Crippen LogP contribution in [0.4, 0.5) is 5.82 Å². The van der Waals surface area contributed by atoms with Crippen LogP contribution in [0.5, 0.6) is 11.5 Å². The molecule has 7 heteroatoms. The Morgan fingerprint density at radius 2 is 1.65 bits per heavy atom. The van der Waals surface area contributed by atoms with E-state index >= 15 is 0 Å². The van der Waals surface area contributed by atoms with Crippen molar-refractivity contribution >= 4 is 33.7 Å². The van der Waals surface area contributed by atoms with Crippen LogP contribution in [-0.4, -0.2) is 27.0 Å². The van der Waals surface area contributed by atoms with Crippen LogP contribution < -0.4 is 15.8 Å². The average Bonchev–Trinajstić information content (AvgIpc) is 3.30. The molecule has 170 valence electrons. The monoisotopic (exact) mass is 451 g/mol. The first-order chi connectivity index (χ1) is 16.7. The summed E-state index contributed by atoms with van der Waals surface area (Å²) in [5, 5.41) is 4.03. The Kier molecular flexibility index (Phi) is 6.07. The lowest BCUT2D eigenvalue weighted by Gasteiger charge is -2.09. The van der Waals surface area contributed by atoms with Gasteiger partial charge in [0.2, 0.25) is 0 Å². The van der Waals surface area contributed by atoms with Crippen molar-refractivity contribution < 1.29 is 9.53 Å². The van der Waals surface area contributed by atoms with Gasteiger partial charge in [0.05, 0.1) is 17.4 Å². The van der Waals surface area contributed by atoms with Gasteiger partial charge in [-0.05, 0) is 55.3 Å². The van der Waals surface area contributed by atoms with Crippen molar-refractivity contribution in [2.45, 2.75) is 19.4 Å². The number of anilines is 1. The molecule has 2 heterocycles. The maximum absolute atomic E-state index is 12.5. The SMILES string of the molecule is Nc1nc2ccccc2c2c1ncn2CCCCNC(=O)c1ccc(Oc2ccccc2)cc1. The number of carbonyl (C=O) groups is 1. The predicted molar refractivity (Wildman–Crippen MR) is 134 cm³/mol. The zero-order valence-electron chi connectivity index (χ0n) is 18.6. The molecule has 5 rings (SSSR count). The van der Waals surface area contributed by atoms with Gasteiger partial charge in [-0.25, -0.2) is 9.97 Å². The fourth-order valence-corrected chi connectivity index (χ4v) is 3.99.